The van der Waals surface area contributed by atoms with Gasteiger partial charge in [-0.05, 0) is 29.8 Å². The number of aliphatic hydroxyl groups is 2. The molecule has 2 aromatic carbocycles. The second-order valence-electron chi connectivity index (χ2n) is 5.33. The molecule has 1 unspecified atom stereocenters. The largest absolute Gasteiger partial charge is 0.365 e. The maximum atomic E-state index is 11.7. The number of benzene rings is 2. The van der Waals surface area contributed by atoms with Crippen LogP contribution in [0.5, 0.6) is 0 Å². The predicted octanol–water partition coefficient (Wildman–Crippen LogP) is 1.96. The highest BCUT2D eigenvalue weighted by Crippen LogP contribution is 2.23. The molecule has 0 spiro atoms. The second kappa shape index (κ2) is 7.04. The Morgan fingerprint density at radius 3 is 2.75 bits per heavy atom. The number of hydrogen-bond donors (Lipinski definition) is 3. The fraction of sp³-hybridized carbons (Fsp3) is 0.176. The van der Waals surface area contributed by atoms with Gasteiger partial charge in [0.2, 0.25) is 0 Å². The average Bonchev–Trinajstić information content (AvgIpc) is 2.59. The lowest BCUT2D eigenvalue weighted by atomic mass is 10.1. The first-order valence-corrected chi connectivity index (χ1v) is 8.87. The summed E-state index contributed by atoms with van der Waals surface area (Å²) >= 11 is 0. The van der Waals surface area contributed by atoms with E-state index in [1.54, 1.807) is 30.5 Å². The van der Waals surface area contributed by atoms with Crippen molar-refractivity contribution in [3.63, 3.8) is 0 Å². The lowest BCUT2D eigenvalue weighted by molar-refractivity contribution is -0.0425. The maximum Gasteiger partial charge on any atom is 0.178 e. The van der Waals surface area contributed by atoms with Crippen LogP contribution in [0.1, 0.15) is 17.4 Å². The van der Waals surface area contributed by atoms with E-state index in [1.807, 2.05) is 18.2 Å². The third kappa shape index (κ3) is 3.59. The van der Waals surface area contributed by atoms with Gasteiger partial charge in [0.15, 0.2) is 6.29 Å². The Bertz CT molecular complexity index is 899. The SMILES string of the molecule is CS(=O)c1ccc2ncnc(NCc3cccc(C(O)O)c3)c2c1. The summed E-state index contributed by atoms with van der Waals surface area (Å²) in [6.07, 6.45) is 1.61. The van der Waals surface area contributed by atoms with E-state index in [1.165, 1.54) is 6.33 Å². The summed E-state index contributed by atoms with van der Waals surface area (Å²) in [5, 5.41) is 22.5. The van der Waals surface area contributed by atoms with E-state index in [0.717, 1.165) is 16.5 Å². The van der Waals surface area contributed by atoms with Crippen molar-refractivity contribution in [1.29, 1.82) is 0 Å². The van der Waals surface area contributed by atoms with Crippen LogP contribution in [-0.4, -0.2) is 30.6 Å². The van der Waals surface area contributed by atoms with Crippen LogP contribution in [0.2, 0.25) is 0 Å². The van der Waals surface area contributed by atoms with Crippen molar-refractivity contribution in [3.8, 4) is 0 Å². The van der Waals surface area contributed by atoms with E-state index in [2.05, 4.69) is 15.3 Å². The summed E-state index contributed by atoms with van der Waals surface area (Å²) in [6, 6.07) is 12.5. The van der Waals surface area contributed by atoms with Gasteiger partial charge in [0.25, 0.3) is 0 Å². The third-order valence-corrected chi connectivity index (χ3v) is 4.57. The molecule has 0 aliphatic carbocycles. The molecule has 1 aromatic heterocycles. The van der Waals surface area contributed by atoms with E-state index in [-0.39, 0.29) is 0 Å². The summed E-state index contributed by atoms with van der Waals surface area (Å²) < 4.78 is 11.7. The van der Waals surface area contributed by atoms with Crippen molar-refractivity contribution in [2.24, 2.45) is 0 Å². The van der Waals surface area contributed by atoms with E-state index in [4.69, 9.17) is 0 Å². The molecule has 6 nitrogen and oxygen atoms in total. The number of nitrogens with zero attached hydrogens (tertiary/aromatic N) is 2. The summed E-state index contributed by atoms with van der Waals surface area (Å²) in [5.74, 6) is 0.641. The molecule has 1 atom stereocenters. The van der Waals surface area contributed by atoms with Crippen molar-refractivity contribution in [2.75, 3.05) is 11.6 Å². The highest BCUT2D eigenvalue weighted by Gasteiger charge is 2.08. The number of fused-ring (bicyclic) bond motifs is 1. The number of nitrogens with one attached hydrogen (secondary N) is 1. The van der Waals surface area contributed by atoms with Crippen molar-refractivity contribution in [1.82, 2.24) is 9.97 Å². The van der Waals surface area contributed by atoms with E-state index >= 15 is 0 Å². The van der Waals surface area contributed by atoms with E-state index in [0.29, 0.717) is 22.8 Å². The molecule has 0 aliphatic heterocycles. The Kier molecular flexibility index (Phi) is 4.84. The molecular weight excluding hydrogens is 326 g/mol. The fourth-order valence-electron chi connectivity index (χ4n) is 2.40. The minimum Gasteiger partial charge on any atom is -0.365 e. The Morgan fingerprint density at radius 2 is 2.00 bits per heavy atom. The van der Waals surface area contributed by atoms with Gasteiger partial charge in [-0.15, -0.1) is 0 Å². The quantitative estimate of drug-likeness (QED) is 0.613. The molecular formula is C17H17N3O3S. The molecule has 0 saturated carbocycles. The van der Waals surface area contributed by atoms with Crippen LogP contribution in [-0.2, 0) is 17.3 Å². The molecule has 124 valence electrons. The van der Waals surface area contributed by atoms with Gasteiger partial charge in [-0.3, -0.25) is 4.21 Å². The second-order valence-corrected chi connectivity index (χ2v) is 6.71. The lowest BCUT2D eigenvalue weighted by Gasteiger charge is -2.11. The van der Waals surface area contributed by atoms with Gasteiger partial charge in [-0.25, -0.2) is 9.97 Å². The van der Waals surface area contributed by atoms with Gasteiger partial charge < -0.3 is 15.5 Å². The van der Waals surface area contributed by atoms with Gasteiger partial charge >= 0.3 is 0 Å². The molecule has 0 saturated heterocycles. The molecule has 0 fully saturated rings. The van der Waals surface area contributed by atoms with Crippen LogP contribution in [0.3, 0.4) is 0 Å². The fourth-order valence-corrected chi connectivity index (χ4v) is 2.95. The molecule has 0 amide bonds. The van der Waals surface area contributed by atoms with Crippen molar-refractivity contribution >= 4 is 27.5 Å². The maximum absolute atomic E-state index is 11.7. The zero-order chi connectivity index (χ0) is 17.1. The van der Waals surface area contributed by atoms with Crippen molar-refractivity contribution in [2.45, 2.75) is 17.7 Å². The number of anilines is 1. The number of aliphatic hydroxyl groups excluding tert-OH is 1. The number of rotatable bonds is 5. The normalized spacial score (nSPS) is 12.5. The van der Waals surface area contributed by atoms with Gasteiger partial charge in [-0.2, -0.15) is 0 Å². The van der Waals surface area contributed by atoms with Crippen LogP contribution in [0.25, 0.3) is 10.9 Å². The summed E-state index contributed by atoms with van der Waals surface area (Å²) in [4.78, 5) is 9.19. The van der Waals surface area contributed by atoms with Gasteiger partial charge in [-0.1, -0.05) is 18.2 Å². The number of hydrogen-bond acceptors (Lipinski definition) is 6. The standard InChI is InChI=1S/C17H17N3O3S/c1-24(23)13-5-6-15-14(8-13)16(20-10-19-15)18-9-11-3-2-4-12(7-11)17(21)22/h2-8,10,17,21-22H,9H2,1H3,(H,18,19,20). The van der Waals surface area contributed by atoms with Crippen LogP contribution in [0.4, 0.5) is 5.82 Å². The Labute approximate surface area is 141 Å². The Hall–Kier alpha value is -2.35. The zero-order valence-corrected chi connectivity index (χ0v) is 13.8. The first kappa shape index (κ1) is 16.5. The summed E-state index contributed by atoms with van der Waals surface area (Å²) in [5.41, 5.74) is 2.09. The van der Waals surface area contributed by atoms with E-state index in [9.17, 15) is 14.4 Å². The molecule has 3 N–H and O–H groups in total. The predicted molar refractivity (Wildman–Crippen MR) is 92.8 cm³/mol. The summed E-state index contributed by atoms with van der Waals surface area (Å²) in [6.45, 7) is 0.464. The van der Waals surface area contributed by atoms with Crippen LogP contribution >= 0.6 is 0 Å². The highest BCUT2D eigenvalue weighted by atomic mass is 32.2. The number of aromatic nitrogens is 2. The van der Waals surface area contributed by atoms with Crippen LogP contribution in [0, 0.1) is 0 Å². The average molecular weight is 343 g/mol. The van der Waals surface area contributed by atoms with Crippen molar-refractivity contribution in [3.05, 3.63) is 59.9 Å². The van der Waals surface area contributed by atoms with Crippen LogP contribution in [0.15, 0.2) is 53.7 Å². The minimum atomic E-state index is -1.49. The highest BCUT2D eigenvalue weighted by molar-refractivity contribution is 7.84. The van der Waals surface area contributed by atoms with Gasteiger partial charge in [0.05, 0.1) is 5.52 Å². The van der Waals surface area contributed by atoms with E-state index < -0.39 is 17.1 Å². The molecule has 0 aliphatic rings. The van der Waals surface area contributed by atoms with Gasteiger partial charge in [0.1, 0.15) is 12.1 Å². The molecule has 24 heavy (non-hydrogen) atoms. The topological polar surface area (TPSA) is 95.3 Å². The van der Waals surface area contributed by atoms with Crippen LogP contribution < -0.4 is 5.32 Å². The monoisotopic (exact) mass is 343 g/mol. The molecule has 0 bridgehead atoms. The third-order valence-electron chi connectivity index (χ3n) is 3.65. The Morgan fingerprint density at radius 1 is 1.17 bits per heavy atom. The lowest BCUT2D eigenvalue weighted by Crippen LogP contribution is -2.04. The smallest absolute Gasteiger partial charge is 0.178 e. The summed E-state index contributed by atoms with van der Waals surface area (Å²) in [7, 11) is -1.08. The minimum absolute atomic E-state index is 0.436. The molecule has 0 radical (unpaired) electrons. The molecule has 3 aromatic rings. The molecule has 3 rings (SSSR count). The first-order valence-electron chi connectivity index (χ1n) is 7.31. The molecule has 1 heterocycles. The Balaban J connectivity index is 1.88. The van der Waals surface area contributed by atoms with Crippen molar-refractivity contribution < 1.29 is 14.4 Å². The van der Waals surface area contributed by atoms with Gasteiger partial charge in [0, 0.05) is 39.4 Å². The molecule has 7 heteroatoms. The first-order chi connectivity index (χ1) is 11.5. The zero-order valence-electron chi connectivity index (χ0n) is 13.0.